The summed E-state index contributed by atoms with van der Waals surface area (Å²) in [5.41, 5.74) is 6.26. The molecule has 0 spiro atoms. The van der Waals surface area contributed by atoms with Crippen molar-refractivity contribution in [2.75, 3.05) is 6.54 Å². The third kappa shape index (κ3) is 4.43. The Kier molecular flexibility index (Phi) is 6.23. The molecule has 0 aliphatic carbocycles. The maximum Gasteiger partial charge on any atom is 0.267 e. The number of aromatic nitrogens is 1. The molecule has 152 valence electrons. The van der Waals surface area contributed by atoms with Crippen LogP contribution in [0.25, 0.3) is 27.9 Å². The predicted molar refractivity (Wildman–Crippen MR) is 121 cm³/mol. The predicted octanol–water partition coefficient (Wildman–Crippen LogP) is 4.49. The van der Waals surface area contributed by atoms with Crippen molar-refractivity contribution in [1.82, 2.24) is 15.4 Å². The zero-order valence-corrected chi connectivity index (χ0v) is 16.7. The van der Waals surface area contributed by atoms with Crippen LogP contribution in [-0.4, -0.2) is 22.2 Å². The van der Waals surface area contributed by atoms with E-state index in [1.807, 2.05) is 24.3 Å². The fraction of sp³-hybridized carbons (Fsp3) is 0.160. The first kappa shape index (κ1) is 19.9. The lowest BCUT2D eigenvalue weighted by atomic mass is 10.1. The highest BCUT2D eigenvalue weighted by Gasteiger charge is 2.08. The Labute approximate surface area is 175 Å². The fourth-order valence-electron chi connectivity index (χ4n) is 3.79. The zero-order chi connectivity index (χ0) is 20.8. The number of nitrogens with one attached hydrogen (secondary N) is 2. The number of nitrogens with zero attached hydrogens (tertiary/aromatic N) is 1. The molecule has 4 rings (SSSR count). The summed E-state index contributed by atoms with van der Waals surface area (Å²) in [6.07, 6.45) is 4.00. The van der Waals surface area contributed by atoms with Crippen molar-refractivity contribution in [1.29, 1.82) is 0 Å². The van der Waals surface area contributed by atoms with Crippen LogP contribution in [0.4, 0.5) is 0 Å². The SMILES string of the molecule is O=C(C=Cc1ccc(CNCCCn2c3ccccc3c3ccccc32)cc1)NO. The summed E-state index contributed by atoms with van der Waals surface area (Å²) < 4.78 is 2.41. The summed E-state index contributed by atoms with van der Waals surface area (Å²) in [6.45, 7) is 2.70. The molecular weight excluding hydrogens is 374 g/mol. The Hall–Kier alpha value is -3.41. The molecule has 30 heavy (non-hydrogen) atoms. The molecule has 5 heteroatoms. The minimum atomic E-state index is -0.538. The number of benzene rings is 3. The number of amides is 1. The van der Waals surface area contributed by atoms with Gasteiger partial charge in [0, 0.05) is 41.0 Å². The van der Waals surface area contributed by atoms with Crippen LogP contribution in [0.5, 0.6) is 0 Å². The molecule has 1 heterocycles. The highest BCUT2D eigenvalue weighted by atomic mass is 16.5. The lowest BCUT2D eigenvalue weighted by Gasteiger charge is -2.09. The van der Waals surface area contributed by atoms with Gasteiger partial charge >= 0.3 is 0 Å². The zero-order valence-electron chi connectivity index (χ0n) is 16.7. The summed E-state index contributed by atoms with van der Waals surface area (Å²) in [5.74, 6) is -0.538. The normalized spacial score (nSPS) is 11.5. The van der Waals surface area contributed by atoms with E-state index in [1.54, 1.807) is 11.6 Å². The summed E-state index contributed by atoms with van der Waals surface area (Å²) in [5, 5.41) is 14.6. The number of para-hydroxylation sites is 2. The minimum absolute atomic E-state index is 0.538. The average molecular weight is 399 g/mol. The lowest BCUT2D eigenvalue weighted by Crippen LogP contribution is -2.16. The maximum absolute atomic E-state index is 11.0. The number of carbonyl (C=O) groups is 1. The van der Waals surface area contributed by atoms with E-state index in [2.05, 4.69) is 58.4 Å². The Morgan fingerprint density at radius 1 is 0.900 bits per heavy atom. The monoisotopic (exact) mass is 399 g/mol. The Balaban J connectivity index is 1.32. The van der Waals surface area contributed by atoms with Gasteiger partial charge in [-0.15, -0.1) is 0 Å². The van der Waals surface area contributed by atoms with E-state index in [0.717, 1.165) is 31.6 Å². The number of fused-ring (bicyclic) bond motifs is 3. The first-order valence-corrected chi connectivity index (χ1v) is 10.1. The van der Waals surface area contributed by atoms with Gasteiger partial charge in [0.05, 0.1) is 0 Å². The van der Waals surface area contributed by atoms with Crippen molar-refractivity contribution in [2.45, 2.75) is 19.5 Å². The van der Waals surface area contributed by atoms with Crippen molar-refractivity contribution < 1.29 is 10.0 Å². The van der Waals surface area contributed by atoms with E-state index >= 15 is 0 Å². The Morgan fingerprint density at radius 2 is 1.53 bits per heavy atom. The first-order valence-electron chi connectivity index (χ1n) is 10.1. The fourth-order valence-corrected chi connectivity index (χ4v) is 3.79. The number of aryl methyl sites for hydroxylation is 1. The van der Waals surface area contributed by atoms with Crippen LogP contribution in [-0.2, 0) is 17.9 Å². The maximum atomic E-state index is 11.0. The second kappa shape index (κ2) is 9.39. The molecule has 3 N–H and O–H groups in total. The smallest absolute Gasteiger partial charge is 0.267 e. The standard InChI is InChI=1S/C25H25N3O2/c29-25(27-30)15-14-19-10-12-20(13-11-19)18-26-16-5-17-28-23-8-3-1-6-21(23)22-7-2-4-9-24(22)28/h1-4,6-15,26,30H,5,16-18H2,(H,27,29). The van der Waals surface area contributed by atoms with Gasteiger partial charge in [-0.3, -0.25) is 10.0 Å². The average Bonchev–Trinajstić information content (AvgIpc) is 3.12. The van der Waals surface area contributed by atoms with Crippen molar-refractivity contribution in [3.05, 3.63) is 90.0 Å². The van der Waals surface area contributed by atoms with Crippen molar-refractivity contribution in [2.24, 2.45) is 0 Å². The van der Waals surface area contributed by atoms with E-state index < -0.39 is 5.91 Å². The van der Waals surface area contributed by atoms with Crippen LogP contribution < -0.4 is 10.8 Å². The van der Waals surface area contributed by atoms with Crippen LogP contribution in [0.1, 0.15) is 17.5 Å². The Bertz CT molecular complexity index is 1120. The second-order valence-corrected chi connectivity index (χ2v) is 7.27. The molecule has 0 saturated carbocycles. The van der Waals surface area contributed by atoms with E-state index in [1.165, 1.54) is 33.4 Å². The number of hydrogen-bond donors (Lipinski definition) is 3. The molecule has 0 aliphatic heterocycles. The third-order valence-electron chi connectivity index (χ3n) is 5.26. The van der Waals surface area contributed by atoms with Gasteiger partial charge in [0.2, 0.25) is 0 Å². The number of carbonyl (C=O) groups excluding carboxylic acids is 1. The van der Waals surface area contributed by atoms with Crippen molar-refractivity contribution >= 4 is 33.8 Å². The number of hydrogen-bond acceptors (Lipinski definition) is 3. The van der Waals surface area contributed by atoms with Crippen LogP contribution in [0, 0.1) is 0 Å². The van der Waals surface area contributed by atoms with Crippen molar-refractivity contribution in [3.63, 3.8) is 0 Å². The summed E-state index contributed by atoms with van der Waals surface area (Å²) in [6, 6.07) is 25.2. The van der Waals surface area contributed by atoms with Gasteiger partial charge in [0.1, 0.15) is 0 Å². The van der Waals surface area contributed by atoms with Gasteiger partial charge in [-0.05, 0) is 42.3 Å². The molecule has 4 aromatic rings. The molecule has 1 amide bonds. The number of rotatable bonds is 8. The summed E-state index contributed by atoms with van der Waals surface area (Å²) in [4.78, 5) is 11.0. The molecule has 3 aromatic carbocycles. The quantitative estimate of drug-likeness (QED) is 0.177. The molecule has 0 fully saturated rings. The van der Waals surface area contributed by atoms with Gasteiger partial charge in [-0.2, -0.15) is 0 Å². The molecule has 0 saturated heterocycles. The second-order valence-electron chi connectivity index (χ2n) is 7.27. The van der Waals surface area contributed by atoms with Gasteiger partial charge in [0.15, 0.2) is 0 Å². The lowest BCUT2D eigenvalue weighted by molar-refractivity contribution is -0.124. The van der Waals surface area contributed by atoms with Crippen LogP contribution in [0.3, 0.4) is 0 Å². The Morgan fingerprint density at radius 3 is 2.17 bits per heavy atom. The van der Waals surface area contributed by atoms with Gasteiger partial charge in [-0.25, -0.2) is 5.48 Å². The largest absolute Gasteiger partial charge is 0.340 e. The summed E-state index contributed by atoms with van der Waals surface area (Å²) >= 11 is 0. The minimum Gasteiger partial charge on any atom is -0.340 e. The van der Waals surface area contributed by atoms with Gasteiger partial charge in [0.25, 0.3) is 5.91 Å². The van der Waals surface area contributed by atoms with E-state index in [4.69, 9.17) is 5.21 Å². The molecule has 0 atom stereocenters. The molecule has 0 unspecified atom stereocenters. The van der Waals surface area contributed by atoms with E-state index in [-0.39, 0.29) is 0 Å². The first-order chi connectivity index (χ1) is 14.8. The molecule has 0 aliphatic rings. The van der Waals surface area contributed by atoms with Crippen LogP contribution in [0.15, 0.2) is 78.9 Å². The third-order valence-corrected chi connectivity index (χ3v) is 5.26. The van der Waals surface area contributed by atoms with Gasteiger partial charge in [-0.1, -0.05) is 60.7 Å². The molecule has 0 radical (unpaired) electrons. The van der Waals surface area contributed by atoms with Crippen molar-refractivity contribution in [3.8, 4) is 0 Å². The summed E-state index contributed by atoms with van der Waals surface area (Å²) in [7, 11) is 0. The van der Waals surface area contributed by atoms with Gasteiger partial charge < -0.3 is 9.88 Å². The molecule has 5 nitrogen and oxygen atoms in total. The van der Waals surface area contributed by atoms with Crippen LogP contribution >= 0.6 is 0 Å². The number of hydroxylamine groups is 1. The van der Waals surface area contributed by atoms with E-state index in [0.29, 0.717) is 0 Å². The topological polar surface area (TPSA) is 66.3 Å². The molecular formula is C25H25N3O2. The molecule has 0 bridgehead atoms. The van der Waals surface area contributed by atoms with E-state index in [9.17, 15) is 4.79 Å². The van der Waals surface area contributed by atoms with Crippen LogP contribution in [0.2, 0.25) is 0 Å². The highest BCUT2D eigenvalue weighted by Crippen LogP contribution is 2.28. The highest BCUT2D eigenvalue weighted by molar-refractivity contribution is 6.07. The molecule has 1 aromatic heterocycles.